The molecule has 4 rings (SSSR count). The first-order chi connectivity index (χ1) is 11.7. The van der Waals surface area contributed by atoms with Gasteiger partial charge in [-0.3, -0.25) is 4.79 Å². The highest BCUT2D eigenvalue weighted by molar-refractivity contribution is 5.85. The molecule has 3 unspecified atom stereocenters. The van der Waals surface area contributed by atoms with Gasteiger partial charge in [0, 0.05) is 24.5 Å². The smallest absolute Gasteiger partial charge is 0.225 e. The van der Waals surface area contributed by atoms with Gasteiger partial charge in [-0.15, -0.1) is 12.4 Å². The van der Waals surface area contributed by atoms with E-state index < -0.39 is 0 Å². The Labute approximate surface area is 157 Å². The number of hydrogen-bond donors (Lipinski definition) is 1. The van der Waals surface area contributed by atoms with E-state index in [2.05, 4.69) is 35.2 Å². The second-order valence-electron chi connectivity index (χ2n) is 8.21. The van der Waals surface area contributed by atoms with Crippen LogP contribution in [-0.4, -0.2) is 29.4 Å². The number of hydrogen-bond acceptors (Lipinski definition) is 2. The molecule has 0 radical (unpaired) electrons. The summed E-state index contributed by atoms with van der Waals surface area (Å²) in [5.41, 5.74) is 7.76. The van der Waals surface area contributed by atoms with Gasteiger partial charge in [-0.25, -0.2) is 0 Å². The van der Waals surface area contributed by atoms with Crippen LogP contribution < -0.4 is 5.73 Å². The van der Waals surface area contributed by atoms with Gasteiger partial charge in [0.05, 0.1) is 0 Å². The standard InChI is InChI=1S/C21H30N2O.ClH/c22-20-16-8-4-9-17(20)14-18(13-16)21(24)23-11-5-10-19(23)12-15-6-2-1-3-7-15;/h1-3,6-7,16-20H,4-5,8-14,22H2;1H. The maximum Gasteiger partial charge on any atom is 0.225 e. The van der Waals surface area contributed by atoms with E-state index >= 15 is 0 Å². The summed E-state index contributed by atoms with van der Waals surface area (Å²) < 4.78 is 0. The Kier molecular flexibility index (Phi) is 6.06. The lowest BCUT2D eigenvalue weighted by molar-refractivity contribution is -0.139. The van der Waals surface area contributed by atoms with E-state index in [0.717, 1.165) is 38.6 Å². The first-order valence-corrected chi connectivity index (χ1v) is 9.82. The number of halogens is 1. The first kappa shape index (κ1) is 18.7. The van der Waals surface area contributed by atoms with Crippen molar-refractivity contribution in [1.82, 2.24) is 4.90 Å². The van der Waals surface area contributed by atoms with Gasteiger partial charge in [0.2, 0.25) is 5.91 Å². The summed E-state index contributed by atoms with van der Waals surface area (Å²) in [5.74, 6) is 1.83. The zero-order chi connectivity index (χ0) is 16.5. The van der Waals surface area contributed by atoms with Crippen LogP contribution in [0.25, 0.3) is 0 Å². The van der Waals surface area contributed by atoms with Crippen molar-refractivity contribution in [3.8, 4) is 0 Å². The molecule has 2 saturated carbocycles. The Hall–Kier alpha value is -1.06. The number of nitrogens with two attached hydrogens (primary N) is 1. The first-order valence-electron chi connectivity index (χ1n) is 9.82. The normalized spacial score (nSPS) is 34.4. The Bertz CT molecular complexity index is 565. The molecule has 2 aliphatic carbocycles. The van der Waals surface area contributed by atoms with Gasteiger partial charge in [-0.1, -0.05) is 36.8 Å². The van der Waals surface area contributed by atoms with Gasteiger partial charge < -0.3 is 10.6 Å². The van der Waals surface area contributed by atoms with Crippen molar-refractivity contribution >= 4 is 18.3 Å². The summed E-state index contributed by atoms with van der Waals surface area (Å²) in [6.45, 7) is 0.953. The van der Waals surface area contributed by atoms with Crippen molar-refractivity contribution in [2.24, 2.45) is 23.5 Å². The summed E-state index contributed by atoms with van der Waals surface area (Å²) in [4.78, 5) is 15.4. The van der Waals surface area contributed by atoms with E-state index in [-0.39, 0.29) is 18.3 Å². The number of amides is 1. The predicted molar refractivity (Wildman–Crippen MR) is 104 cm³/mol. The van der Waals surface area contributed by atoms with E-state index in [1.54, 1.807) is 0 Å². The van der Waals surface area contributed by atoms with Crippen LogP contribution in [0.4, 0.5) is 0 Å². The largest absolute Gasteiger partial charge is 0.339 e. The maximum atomic E-state index is 13.2. The van der Waals surface area contributed by atoms with Gasteiger partial charge in [0.1, 0.15) is 0 Å². The molecule has 3 fully saturated rings. The maximum absolute atomic E-state index is 13.2. The Balaban J connectivity index is 0.00000182. The average Bonchev–Trinajstić information content (AvgIpc) is 3.03. The van der Waals surface area contributed by atoms with Crippen molar-refractivity contribution in [3.63, 3.8) is 0 Å². The van der Waals surface area contributed by atoms with Gasteiger partial charge in [-0.05, 0) is 62.3 Å². The molecular weight excluding hydrogens is 332 g/mol. The molecule has 138 valence electrons. The molecule has 4 heteroatoms. The van der Waals surface area contributed by atoms with Crippen LogP contribution in [0.1, 0.15) is 50.5 Å². The fourth-order valence-electron chi connectivity index (χ4n) is 5.45. The highest BCUT2D eigenvalue weighted by Gasteiger charge is 2.43. The molecule has 1 saturated heterocycles. The third-order valence-corrected chi connectivity index (χ3v) is 6.74. The van der Waals surface area contributed by atoms with E-state index in [1.165, 1.54) is 24.8 Å². The van der Waals surface area contributed by atoms with Crippen LogP contribution >= 0.6 is 12.4 Å². The van der Waals surface area contributed by atoms with Gasteiger partial charge in [0.15, 0.2) is 0 Å². The van der Waals surface area contributed by atoms with Gasteiger partial charge >= 0.3 is 0 Å². The lowest BCUT2D eigenvalue weighted by Crippen LogP contribution is -2.50. The molecular formula is C21H31ClN2O. The second-order valence-corrected chi connectivity index (χ2v) is 8.21. The number of nitrogens with zero attached hydrogens (tertiary/aromatic N) is 1. The van der Waals surface area contributed by atoms with Gasteiger partial charge in [0.25, 0.3) is 0 Å². The molecule has 25 heavy (non-hydrogen) atoms. The summed E-state index contributed by atoms with van der Waals surface area (Å²) in [6.07, 6.45) is 9.15. The average molecular weight is 363 g/mol. The quantitative estimate of drug-likeness (QED) is 0.889. The Morgan fingerprint density at radius 1 is 1.04 bits per heavy atom. The number of fused-ring (bicyclic) bond motifs is 2. The van der Waals surface area contributed by atoms with Crippen molar-refractivity contribution in [3.05, 3.63) is 35.9 Å². The summed E-state index contributed by atoms with van der Waals surface area (Å²) >= 11 is 0. The van der Waals surface area contributed by atoms with E-state index in [4.69, 9.17) is 5.73 Å². The van der Waals surface area contributed by atoms with Crippen molar-refractivity contribution < 1.29 is 4.79 Å². The number of benzene rings is 1. The molecule has 0 aromatic heterocycles. The zero-order valence-corrected chi connectivity index (χ0v) is 15.8. The highest BCUT2D eigenvalue weighted by Crippen LogP contribution is 2.43. The van der Waals surface area contributed by atoms with Crippen LogP contribution in [-0.2, 0) is 11.2 Å². The number of carbonyl (C=O) groups is 1. The van der Waals surface area contributed by atoms with Crippen LogP contribution in [0, 0.1) is 17.8 Å². The molecule has 1 amide bonds. The molecule has 1 aliphatic heterocycles. The minimum atomic E-state index is 0. The Morgan fingerprint density at radius 2 is 1.72 bits per heavy atom. The molecule has 3 nitrogen and oxygen atoms in total. The molecule has 3 aliphatic rings. The monoisotopic (exact) mass is 362 g/mol. The molecule has 1 heterocycles. The molecule has 0 spiro atoms. The van der Waals surface area contributed by atoms with Crippen LogP contribution in [0.2, 0.25) is 0 Å². The van der Waals surface area contributed by atoms with Crippen molar-refractivity contribution in [2.75, 3.05) is 6.54 Å². The van der Waals surface area contributed by atoms with E-state index in [0.29, 0.717) is 29.8 Å². The number of carbonyl (C=O) groups excluding carboxylic acids is 1. The molecule has 1 aromatic rings. The third-order valence-electron chi connectivity index (χ3n) is 6.74. The lowest BCUT2D eigenvalue weighted by Gasteiger charge is -2.44. The summed E-state index contributed by atoms with van der Waals surface area (Å²) in [6, 6.07) is 11.4. The minimum Gasteiger partial charge on any atom is -0.339 e. The van der Waals surface area contributed by atoms with E-state index in [9.17, 15) is 4.79 Å². The fourth-order valence-corrected chi connectivity index (χ4v) is 5.45. The minimum absolute atomic E-state index is 0. The lowest BCUT2D eigenvalue weighted by atomic mass is 9.65. The zero-order valence-electron chi connectivity index (χ0n) is 15.0. The van der Waals surface area contributed by atoms with Crippen molar-refractivity contribution in [1.29, 1.82) is 0 Å². The Morgan fingerprint density at radius 3 is 2.40 bits per heavy atom. The topological polar surface area (TPSA) is 46.3 Å². The van der Waals surface area contributed by atoms with Gasteiger partial charge in [-0.2, -0.15) is 0 Å². The second kappa shape index (κ2) is 8.09. The SMILES string of the molecule is Cl.NC1C2CCCC1CC(C(=O)N1CCCC1Cc1ccccc1)C2. The van der Waals surface area contributed by atoms with Crippen LogP contribution in [0.3, 0.4) is 0 Å². The molecule has 1 aromatic carbocycles. The number of likely N-dealkylation sites (tertiary alicyclic amines) is 1. The van der Waals surface area contributed by atoms with Crippen LogP contribution in [0.5, 0.6) is 0 Å². The molecule has 2 N–H and O–H groups in total. The summed E-state index contributed by atoms with van der Waals surface area (Å²) in [7, 11) is 0. The third kappa shape index (κ3) is 3.88. The predicted octanol–water partition coefficient (Wildman–Crippen LogP) is 3.80. The van der Waals surface area contributed by atoms with Crippen LogP contribution in [0.15, 0.2) is 30.3 Å². The molecule has 3 atom stereocenters. The fraction of sp³-hybridized carbons (Fsp3) is 0.667. The highest BCUT2D eigenvalue weighted by atomic mass is 35.5. The van der Waals surface area contributed by atoms with E-state index in [1.807, 2.05) is 0 Å². The summed E-state index contributed by atoms with van der Waals surface area (Å²) in [5, 5.41) is 0. The van der Waals surface area contributed by atoms with Crippen molar-refractivity contribution in [2.45, 2.75) is 63.5 Å². The molecule has 2 bridgehead atoms. The number of rotatable bonds is 3.